The molecule has 7 nitrogen and oxygen atoms in total. The van der Waals surface area contributed by atoms with Gasteiger partial charge in [0.1, 0.15) is 11.3 Å². The first kappa shape index (κ1) is 18.1. The van der Waals surface area contributed by atoms with Gasteiger partial charge in [0.05, 0.1) is 28.7 Å². The predicted octanol–water partition coefficient (Wildman–Crippen LogP) is 3.58. The second kappa shape index (κ2) is 6.57. The van der Waals surface area contributed by atoms with Gasteiger partial charge in [-0.05, 0) is 32.3 Å². The van der Waals surface area contributed by atoms with E-state index < -0.39 is 5.60 Å². The molecule has 1 aliphatic heterocycles. The number of H-pyrrole nitrogens is 1. The number of nitrogens with one attached hydrogen (secondary N) is 1. The summed E-state index contributed by atoms with van der Waals surface area (Å²) in [6.07, 6.45) is 5.50. The van der Waals surface area contributed by atoms with E-state index in [0.717, 1.165) is 65.4 Å². The van der Waals surface area contributed by atoms with Gasteiger partial charge in [0.15, 0.2) is 5.65 Å². The molecule has 0 aliphatic carbocycles. The third-order valence-corrected chi connectivity index (χ3v) is 5.79. The van der Waals surface area contributed by atoms with Gasteiger partial charge in [-0.25, -0.2) is 9.97 Å². The number of aromatic nitrogens is 4. The van der Waals surface area contributed by atoms with Gasteiger partial charge in [-0.15, -0.1) is 0 Å². The zero-order valence-corrected chi connectivity index (χ0v) is 16.6. The highest BCUT2D eigenvalue weighted by Crippen LogP contribution is 2.35. The van der Waals surface area contributed by atoms with Gasteiger partial charge >= 0.3 is 0 Å². The minimum atomic E-state index is -0.880. The van der Waals surface area contributed by atoms with Crippen LogP contribution in [0.25, 0.3) is 27.9 Å². The molecule has 0 radical (unpaired) electrons. The van der Waals surface area contributed by atoms with E-state index in [2.05, 4.69) is 14.4 Å². The van der Waals surface area contributed by atoms with Crippen LogP contribution in [0.5, 0.6) is 0 Å². The first-order valence-corrected chi connectivity index (χ1v) is 9.98. The molecule has 0 unspecified atom stereocenters. The Kier molecular flexibility index (Phi) is 4.11. The Morgan fingerprint density at radius 1 is 1.21 bits per heavy atom. The summed E-state index contributed by atoms with van der Waals surface area (Å²) >= 11 is 0. The van der Waals surface area contributed by atoms with Gasteiger partial charge in [-0.3, -0.25) is 4.40 Å². The number of fused-ring (bicyclic) bond motifs is 3. The fraction of sp³-hybridized carbons (Fsp3) is 0.364. The van der Waals surface area contributed by atoms with Crippen LogP contribution < -0.4 is 5.73 Å². The van der Waals surface area contributed by atoms with E-state index in [0.29, 0.717) is 11.6 Å². The number of hydrogen-bond acceptors (Lipinski definition) is 5. The standard InChI is InChI=1S/C22H25N5O2/c1-22(2,28)15-5-3-13(4-6-15)18-17-12-25-20-19(16(23)11-24-20)27(17)21(26-18)14-7-9-29-10-8-14/h3-6,11-12,14,24,28H,7-10,23H2,1-2H3. The zero-order valence-electron chi connectivity index (χ0n) is 16.6. The molecule has 4 heterocycles. The van der Waals surface area contributed by atoms with Crippen LogP contribution in [0.15, 0.2) is 36.7 Å². The number of aromatic amines is 1. The summed E-state index contributed by atoms with van der Waals surface area (Å²) in [6.45, 7) is 5.05. The molecule has 4 aromatic rings. The third-order valence-electron chi connectivity index (χ3n) is 5.79. The Balaban J connectivity index is 1.74. The minimum Gasteiger partial charge on any atom is -0.396 e. The number of nitrogens with zero attached hydrogens (tertiary/aromatic N) is 3. The Hall–Kier alpha value is -2.90. The first-order chi connectivity index (χ1) is 13.9. The van der Waals surface area contributed by atoms with Crippen molar-refractivity contribution in [3.63, 3.8) is 0 Å². The molecule has 150 valence electrons. The van der Waals surface area contributed by atoms with Crippen molar-refractivity contribution in [3.8, 4) is 11.3 Å². The second-order valence-corrected chi connectivity index (χ2v) is 8.26. The maximum atomic E-state index is 10.3. The maximum absolute atomic E-state index is 10.3. The lowest BCUT2D eigenvalue weighted by Crippen LogP contribution is -2.16. The molecule has 0 amide bonds. The van der Waals surface area contributed by atoms with Gasteiger partial charge in [-0.1, -0.05) is 24.3 Å². The molecule has 0 bridgehead atoms. The van der Waals surface area contributed by atoms with E-state index in [4.69, 9.17) is 15.5 Å². The van der Waals surface area contributed by atoms with Crippen molar-refractivity contribution in [1.29, 1.82) is 0 Å². The van der Waals surface area contributed by atoms with Crippen LogP contribution in [0.2, 0.25) is 0 Å². The monoisotopic (exact) mass is 391 g/mol. The summed E-state index contributed by atoms with van der Waals surface area (Å²) in [7, 11) is 0. The summed E-state index contributed by atoms with van der Waals surface area (Å²) in [6, 6.07) is 7.92. The number of hydrogen-bond donors (Lipinski definition) is 3. The normalized spacial score (nSPS) is 16.1. The molecule has 7 heteroatoms. The summed E-state index contributed by atoms with van der Waals surface area (Å²) in [4.78, 5) is 12.8. The van der Waals surface area contributed by atoms with Crippen LogP contribution in [-0.4, -0.2) is 37.7 Å². The Bertz CT molecular complexity index is 1180. The van der Waals surface area contributed by atoms with E-state index in [1.54, 1.807) is 20.0 Å². The largest absolute Gasteiger partial charge is 0.396 e. The zero-order chi connectivity index (χ0) is 20.2. The molecule has 0 saturated carbocycles. The van der Waals surface area contributed by atoms with E-state index in [9.17, 15) is 5.11 Å². The topological polar surface area (TPSA) is 101 Å². The Morgan fingerprint density at radius 2 is 1.93 bits per heavy atom. The minimum absolute atomic E-state index is 0.306. The van der Waals surface area contributed by atoms with Crippen LogP contribution in [0.4, 0.5) is 5.69 Å². The molecule has 1 aliphatic rings. The van der Waals surface area contributed by atoms with E-state index in [1.807, 2.05) is 30.5 Å². The van der Waals surface area contributed by atoms with Crippen molar-refractivity contribution in [3.05, 3.63) is 48.0 Å². The van der Waals surface area contributed by atoms with Crippen LogP contribution in [0, 0.1) is 0 Å². The Labute approximate surface area is 168 Å². The van der Waals surface area contributed by atoms with E-state index in [1.165, 1.54) is 0 Å². The number of imidazole rings is 1. The molecule has 3 aromatic heterocycles. The second-order valence-electron chi connectivity index (χ2n) is 8.26. The number of anilines is 1. The average Bonchev–Trinajstić information content (AvgIpc) is 3.29. The number of nitrogens with two attached hydrogens (primary N) is 1. The summed E-state index contributed by atoms with van der Waals surface area (Å²) in [5.41, 5.74) is 11.4. The van der Waals surface area contributed by atoms with Crippen LogP contribution in [0.3, 0.4) is 0 Å². The predicted molar refractivity (Wildman–Crippen MR) is 113 cm³/mol. The number of benzene rings is 1. The SMILES string of the molecule is CC(C)(O)c1ccc(-c2nc(C3CCOCC3)n3c2cnc2[nH]cc(N)c23)cc1. The number of rotatable bonds is 3. The third kappa shape index (κ3) is 2.97. The van der Waals surface area contributed by atoms with Gasteiger partial charge in [0.25, 0.3) is 0 Å². The molecule has 1 saturated heterocycles. The highest BCUT2D eigenvalue weighted by atomic mass is 16.5. The van der Waals surface area contributed by atoms with Crippen molar-refractivity contribution in [1.82, 2.24) is 19.4 Å². The molecule has 4 N–H and O–H groups in total. The summed E-state index contributed by atoms with van der Waals surface area (Å²) in [5.74, 6) is 1.31. The number of ether oxygens (including phenoxy) is 1. The molecule has 5 rings (SSSR count). The van der Waals surface area contributed by atoms with Crippen molar-refractivity contribution >= 4 is 22.4 Å². The van der Waals surface area contributed by atoms with Crippen molar-refractivity contribution in [2.24, 2.45) is 0 Å². The quantitative estimate of drug-likeness (QED) is 0.495. The van der Waals surface area contributed by atoms with E-state index in [-0.39, 0.29) is 0 Å². The van der Waals surface area contributed by atoms with Crippen LogP contribution in [-0.2, 0) is 10.3 Å². The van der Waals surface area contributed by atoms with Gasteiger partial charge in [0.2, 0.25) is 0 Å². The fourth-order valence-electron chi connectivity index (χ4n) is 4.16. The van der Waals surface area contributed by atoms with E-state index >= 15 is 0 Å². The fourth-order valence-corrected chi connectivity index (χ4v) is 4.16. The molecule has 0 atom stereocenters. The molecule has 1 aromatic carbocycles. The van der Waals surface area contributed by atoms with Gasteiger partial charge in [0, 0.05) is 30.9 Å². The van der Waals surface area contributed by atoms with Crippen molar-refractivity contribution in [2.75, 3.05) is 18.9 Å². The Morgan fingerprint density at radius 3 is 2.62 bits per heavy atom. The average molecular weight is 391 g/mol. The van der Waals surface area contributed by atoms with Crippen molar-refractivity contribution in [2.45, 2.75) is 38.2 Å². The van der Waals surface area contributed by atoms with Gasteiger partial charge in [-0.2, -0.15) is 0 Å². The van der Waals surface area contributed by atoms with Crippen LogP contribution in [0.1, 0.15) is 44.0 Å². The number of nitrogen functional groups attached to an aromatic ring is 1. The lowest BCUT2D eigenvalue weighted by atomic mass is 9.96. The van der Waals surface area contributed by atoms with Crippen LogP contribution >= 0.6 is 0 Å². The summed E-state index contributed by atoms with van der Waals surface area (Å²) < 4.78 is 7.72. The molecule has 0 spiro atoms. The summed E-state index contributed by atoms with van der Waals surface area (Å²) in [5, 5.41) is 10.3. The highest BCUT2D eigenvalue weighted by molar-refractivity contribution is 5.91. The highest BCUT2D eigenvalue weighted by Gasteiger charge is 2.25. The number of aliphatic hydroxyl groups is 1. The first-order valence-electron chi connectivity index (χ1n) is 9.98. The van der Waals surface area contributed by atoms with Crippen molar-refractivity contribution < 1.29 is 9.84 Å². The smallest absolute Gasteiger partial charge is 0.156 e. The lowest BCUT2D eigenvalue weighted by Gasteiger charge is -2.21. The molecular weight excluding hydrogens is 366 g/mol. The maximum Gasteiger partial charge on any atom is 0.156 e. The molecular formula is C22H25N5O2. The molecule has 1 fully saturated rings. The lowest BCUT2D eigenvalue weighted by molar-refractivity contribution is 0.0786. The van der Waals surface area contributed by atoms with Gasteiger partial charge < -0.3 is 20.6 Å². The molecule has 29 heavy (non-hydrogen) atoms.